The Labute approximate surface area is 203 Å². The number of Topliss-reactive ketones (excluding diaryl/α,β-unsaturated/α-hetero) is 1. The van der Waals surface area contributed by atoms with Crippen molar-refractivity contribution < 1.29 is 4.79 Å². The molecule has 0 bridgehead atoms. The zero-order chi connectivity index (χ0) is 24.3. The second-order valence-electron chi connectivity index (χ2n) is 10.7. The van der Waals surface area contributed by atoms with Crippen molar-refractivity contribution >= 4 is 17.2 Å². The molecule has 3 heteroatoms. The van der Waals surface area contributed by atoms with Gasteiger partial charge in [0.2, 0.25) is 0 Å². The maximum absolute atomic E-state index is 13.2. The third-order valence-electron chi connectivity index (χ3n) is 8.01. The Bertz CT molecular complexity index is 1200. The van der Waals surface area contributed by atoms with Gasteiger partial charge in [-0.1, -0.05) is 76.2 Å². The normalized spacial score (nSPS) is 25.2. The summed E-state index contributed by atoms with van der Waals surface area (Å²) in [5.74, 6) is 0.181. The number of allylic oxidation sites excluding steroid dienone is 8. The van der Waals surface area contributed by atoms with Gasteiger partial charge in [0.25, 0.3) is 0 Å². The molecule has 5 rings (SSSR count). The van der Waals surface area contributed by atoms with Crippen molar-refractivity contribution in [3.63, 3.8) is 0 Å². The molecule has 1 fully saturated rings. The van der Waals surface area contributed by atoms with E-state index in [0.29, 0.717) is 0 Å². The summed E-state index contributed by atoms with van der Waals surface area (Å²) in [5.41, 5.74) is 9.23. The molecule has 0 amide bonds. The number of carbonyl (C=O) groups excluding carboxylic acids is 1. The number of rotatable bonds is 2. The van der Waals surface area contributed by atoms with Gasteiger partial charge in [-0.05, 0) is 48.3 Å². The van der Waals surface area contributed by atoms with Gasteiger partial charge in [-0.25, -0.2) is 0 Å². The summed E-state index contributed by atoms with van der Waals surface area (Å²) in [7, 11) is 4.23. The van der Waals surface area contributed by atoms with Crippen LogP contribution in [0.3, 0.4) is 0 Å². The average molecular weight is 451 g/mol. The molecule has 0 atom stereocenters. The van der Waals surface area contributed by atoms with Gasteiger partial charge in [0.1, 0.15) is 0 Å². The minimum absolute atomic E-state index is 0.0826. The van der Waals surface area contributed by atoms with Crippen molar-refractivity contribution in [1.29, 1.82) is 0 Å². The lowest BCUT2D eigenvalue weighted by molar-refractivity contribution is -0.111. The highest BCUT2D eigenvalue weighted by atomic mass is 16.1. The van der Waals surface area contributed by atoms with E-state index in [9.17, 15) is 4.79 Å². The number of carbonyl (C=O) groups is 1. The van der Waals surface area contributed by atoms with Crippen LogP contribution in [0.5, 0.6) is 0 Å². The molecule has 0 spiro atoms. The third kappa shape index (κ3) is 3.29. The number of anilines is 2. The Hall–Kier alpha value is -3.33. The van der Waals surface area contributed by atoms with Gasteiger partial charge in [0.15, 0.2) is 5.78 Å². The van der Waals surface area contributed by atoms with Crippen molar-refractivity contribution in [2.24, 2.45) is 0 Å². The summed E-state index contributed by atoms with van der Waals surface area (Å²) in [4.78, 5) is 17.7. The molecule has 174 valence electrons. The first-order chi connectivity index (χ1) is 16.1. The fourth-order valence-electron chi connectivity index (χ4n) is 5.98. The monoisotopic (exact) mass is 450 g/mol. The van der Waals surface area contributed by atoms with Gasteiger partial charge in [0.05, 0.1) is 0 Å². The largest absolute Gasteiger partial charge is 0.347 e. The van der Waals surface area contributed by atoms with E-state index in [-0.39, 0.29) is 16.6 Å². The van der Waals surface area contributed by atoms with E-state index >= 15 is 0 Å². The van der Waals surface area contributed by atoms with Crippen LogP contribution in [-0.2, 0) is 15.6 Å². The maximum atomic E-state index is 13.2. The summed E-state index contributed by atoms with van der Waals surface area (Å²) in [5, 5.41) is 0. The highest BCUT2D eigenvalue weighted by Crippen LogP contribution is 2.48. The number of para-hydroxylation sites is 2. The molecule has 2 heterocycles. The van der Waals surface area contributed by atoms with E-state index < -0.39 is 0 Å². The first-order valence-corrected chi connectivity index (χ1v) is 12.2. The van der Waals surface area contributed by atoms with E-state index in [4.69, 9.17) is 0 Å². The molecular weight excluding hydrogens is 416 g/mol. The zero-order valence-electron chi connectivity index (χ0n) is 21.1. The van der Waals surface area contributed by atoms with Crippen molar-refractivity contribution in [1.82, 2.24) is 0 Å². The van der Waals surface area contributed by atoms with Crippen LogP contribution in [0.1, 0.15) is 51.7 Å². The Balaban J connectivity index is 1.41. The van der Waals surface area contributed by atoms with E-state index in [0.717, 1.165) is 24.0 Å². The number of nitrogens with zero attached hydrogens (tertiary/aromatic N) is 2. The van der Waals surface area contributed by atoms with Crippen LogP contribution in [0.15, 0.2) is 95.4 Å². The molecular formula is C31H34N2O. The molecule has 2 aliphatic heterocycles. The number of benzene rings is 2. The number of likely N-dealkylation sites (N-methyl/N-ethyl adjacent to an activating group) is 2. The first-order valence-electron chi connectivity index (χ1n) is 12.2. The van der Waals surface area contributed by atoms with Crippen LogP contribution >= 0.6 is 0 Å². The molecule has 34 heavy (non-hydrogen) atoms. The predicted octanol–water partition coefficient (Wildman–Crippen LogP) is 6.83. The van der Waals surface area contributed by atoms with Crippen LogP contribution in [0.2, 0.25) is 0 Å². The summed E-state index contributed by atoms with van der Waals surface area (Å²) in [6.45, 7) is 9.02. The van der Waals surface area contributed by atoms with Crippen LogP contribution in [0.25, 0.3) is 0 Å². The quantitative estimate of drug-likeness (QED) is 0.469. The van der Waals surface area contributed by atoms with Crippen LogP contribution < -0.4 is 9.80 Å². The number of ketones is 1. The van der Waals surface area contributed by atoms with Crippen molar-refractivity contribution in [3.05, 3.63) is 107 Å². The minimum Gasteiger partial charge on any atom is -0.347 e. The van der Waals surface area contributed by atoms with Gasteiger partial charge in [-0.2, -0.15) is 0 Å². The lowest BCUT2D eigenvalue weighted by Gasteiger charge is -2.23. The Morgan fingerprint density at radius 3 is 1.41 bits per heavy atom. The SMILES string of the molecule is CN1C(=C/C=C2\CC/C(=C\C=C3/N(C)c4ccccc4C3(C)C)C2=O)C(C)(C)c2ccccc21. The van der Waals surface area contributed by atoms with Gasteiger partial charge in [-0.15, -0.1) is 0 Å². The maximum Gasteiger partial charge on any atom is 0.185 e. The van der Waals surface area contributed by atoms with Gasteiger partial charge >= 0.3 is 0 Å². The fourth-order valence-corrected chi connectivity index (χ4v) is 5.98. The smallest absolute Gasteiger partial charge is 0.185 e. The number of fused-ring (bicyclic) bond motifs is 2. The van der Waals surface area contributed by atoms with Gasteiger partial charge in [-0.3, -0.25) is 4.79 Å². The summed E-state index contributed by atoms with van der Waals surface area (Å²) >= 11 is 0. The lowest BCUT2D eigenvalue weighted by Crippen LogP contribution is -2.22. The van der Waals surface area contributed by atoms with Crippen molar-refractivity contribution in [2.75, 3.05) is 23.9 Å². The second-order valence-corrected chi connectivity index (χ2v) is 10.7. The molecule has 1 saturated carbocycles. The Morgan fingerprint density at radius 1 is 0.647 bits per heavy atom. The molecule has 1 aliphatic carbocycles. The van der Waals surface area contributed by atoms with Gasteiger partial charge in [0, 0.05) is 58.8 Å². The minimum atomic E-state index is -0.0826. The van der Waals surface area contributed by atoms with Gasteiger partial charge < -0.3 is 9.80 Å². The van der Waals surface area contributed by atoms with E-state index in [1.54, 1.807) is 0 Å². The van der Waals surface area contributed by atoms with E-state index in [2.05, 4.69) is 124 Å². The van der Waals surface area contributed by atoms with Crippen LogP contribution in [0.4, 0.5) is 11.4 Å². The highest BCUT2D eigenvalue weighted by molar-refractivity contribution is 6.11. The topological polar surface area (TPSA) is 23.6 Å². The Morgan fingerprint density at radius 2 is 1.03 bits per heavy atom. The molecule has 0 unspecified atom stereocenters. The molecule has 2 aromatic carbocycles. The third-order valence-corrected chi connectivity index (χ3v) is 8.01. The molecule has 2 aromatic rings. The first kappa shape index (κ1) is 22.5. The lowest BCUT2D eigenvalue weighted by atomic mass is 9.83. The standard InChI is InChI=1S/C31H34N2O/c1-30(2)23-11-7-9-13-25(23)32(5)27(30)19-17-21-15-16-22(29(21)34)18-20-28-31(3,4)24-12-8-10-14-26(24)33(28)6/h7-14,17-20H,15-16H2,1-6H3/b21-17+,22-18+,27-19-,28-20?. The second kappa shape index (κ2) is 7.87. The Kier molecular flexibility index (Phi) is 5.20. The number of hydrogen-bond donors (Lipinski definition) is 0. The summed E-state index contributed by atoms with van der Waals surface area (Å²) in [6, 6.07) is 17.1. The molecule has 3 aliphatic rings. The van der Waals surface area contributed by atoms with Crippen LogP contribution in [-0.4, -0.2) is 19.9 Å². The molecule has 0 saturated heterocycles. The summed E-state index contributed by atoms with van der Waals surface area (Å²) in [6.07, 6.45) is 10.0. The highest BCUT2D eigenvalue weighted by Gasteiger charge is 2.39. The predicted molar refractivity (Wildman–Crippen MR) is 142 cm³/mol. The zero-order valence-corrected chi connectivity index (χ0v) is 21.1. The van der Waals surface area contributed by atoms with Crippen LogP contribution in [0, 0.1) is 0 Å². The fraction of sp³-hybridized carbons (Fsp3) is 0.323. The molecule has 0 aromatic heterocycles. The molecule has 0 N–H and O–H groups in total. The summed E-state index contributed by atoms with van der Waals surface area (Å²) < 4.78 is 0. The average Bonchev–Trinajstić information content (AvgIpc) is 3.33. The van der Waals surface area contributed by atoms with E-state index in [1.807, 2.05) is 0 Å². The molecule has 0 radical (unpaired) electrons. The van der Waals surface area contributed by atoms with Crippen molar-refractivity contribution in [3.8, 4) is 0 Å². The van der Waals surface area contributed by atoms with Crippen molar-refractivity contribution in [2.45, 2.75) is 51.4 Å². The number of hydrogen-bond acceptors (Lipinski definition) is 3. The molecule has 3 nitrogen and oxygen atoms in total. The van der Waals surface area contributed by atoms with E-state index in [1.165, 1.54) is 33.9 Å².